The predicted octanol–water partition coefficient (Wildman–Crippen LogP) is 1.98. The molecule has 2 atom stereocenters. The SMILES string of the molecule is CN=C(NCC(C)(O)c1ccco1)NC1CCN(c2ncccc2Cl)C1. The molecule has 0 saturated carbocycles. The molecule has 7 nitrogen and oxygen atoms in total. The van der Waals surface area contributed by atoms with Gasteiger partial charge in [0.2, 0.25) is 0 Å². The van der Waals surface area contributed by atoms with Gasteiger partial charge in [0.05, 0.1) is 17.8 Å². The van der Waals surface area contributed by atoms with Crippen LogP contribution < -0.4 is 15.5 Å². The minimum Gasteiger partial charge on any atom is -0.466 e. The fourth-order valence-electron chi connectivity index (χ4n) is 3.00. The molecule has 8 heteroatoms. The first-order chi connectivity index (χ1) is 12.5. The standard InChI is InChI=1S/C18H24ClN5O2/c1-18(25,15-6-4-10-26-15)12-22-17(20-2)23-13-7-9-24(11-13)16-14(19)5-3-8-21-16/h3-6,8,10,13,25H,7,9,11-12H2,1-2H3,(H2,20,22,23). The highest BCUT2D eigenvalue weighted by Crippen LogP contribution is 2.25. The summed E-state index contributed by atoms with van der Waals surface area (Å²) in [5.41, 5.74) is -1.12. The molecular formula is C18H24ClN5O2. The second kappa shape index (κ2) is 7.97. The van der Waals surface area contributed by atoms with Gasteiger partial charge in [-0.2, -0.15) is 0 Å². The minimum absolute atomic E-state index is 0.216. The van der Waals surface area contributed by atoms with Crippen molar-refractivity contribution in [2.24, 2.45) is 4.99 Å². The fourth-order valence-corrected chi connectivity index (χ4v) is 3.24. The number of nitrogens with zero attached hydrogens (tertiary/aromatic N) is 3. The van der Waals surface area contributed by atoms with Gasteiger partial charge in [0.15, 0.2) is 5.96 Å². The van der Waals surface area contributed by atoms with Crippen LogP contribution in [0.25, 0.3) is 0 Å². The first-order valence-electron chi connectivity index (χ1n) is 8.58. The van der Waals surface area contributed by atoms with Gasteiger partial charge in [0.1, 0.15) is 17.2 Å². The van der Waals surface area contributed by atoms with Crippen LogP contribution in [-0.4, -0.2) is 48.8 Å². The topological polar surface area (TPSA) is 85.9 Å². The lowest BCUT2D eigenvalue weighted by atomic mass is 10.0. The van der Waals surface area contributed by atoms with Crippen molar-refractivity contribution in [3.8, 4) is 0 Å². The van der Waals surface area contributed by atoms with E-state index in [9.17, 15) is 5.11 Å². The Morgan fingerprint density at radius 3 is 3.04 bits per heavy atom. The summed E-state index contributed by atoms with van der Waals surface area (Å²) >= 11 is 6.24. The lowest BCUT2D eigenvalue weighted by Gasteiger charge is -2.24. The molecule has 26 heavy (non-hydrogen) atoms. The molecule has 140 valence electrons. The van der Waals surface area contributed by atoms with Gasteiger partial charge < -0.3 is 25.1 Å². The average Bonchev–Trinajstić information content (AvgIpc) is 3.31. The molecule has 1 aliphatic rings. The van der Waals surface area contributed by atoms with Crippen LogP contribution in [0.2, 0.25) is 5.02 Å². The first kappa shape index (κ1) is 18.5. The number of anilines is 1. The molecule has 3 rings (SSSR count). The molecule has 0 amide bonds. The summed E-state index contributed by atoms with van der Waals surface area (Å²) in [6.07, 6.45) is 4.24. The van der Waals surface area contributed by atoms with Gasteiger partial charge in [-0.15, -0.1) is 0 Å². The van der Waals surface area contributed by atoms with Crippen molar-refractivity contribution >= 4 is 23.4 Å². The highest BCUT2D eigenvalue weighted by Gasteiger charge is 2.28. The van der Waals surface area contributed by atoms with Crippen LogP contribution >= 0.6 is 11.6 Å². The summed E-state index contributed by atoms with van der Waals surface area (Å²) in [6.45, 7) is 3.64. The summed E-state index contributed by atoms with van der Waals surface area (Å²) in [4.78, 5) is 10.8. The second-order valence-electron chi connectivity index (χ2n) is 6.56. The van der Waals surface area contributed by atoms with Crippen LogP contribution in [0.1, 0.15) is 19.1 Å². The Bertz CT molecular complexity index is 748. The molecule has 2 aromatic heterocycles. The van der Waals surface area contributed by atoms with Crippen molar-refractivity contribution in [1.82, 2.24) is 15.6 Å². The normalized spacial score (nSPS) is 20.1. The van der Waals surface area contributed by atoms with E-state index in [2.05, 4.69) is 25.5 Å². The van der Waals surface area contributed by atoms with Crippen LogP contribution in [-0.2, 0) is 5.60 Å². The molecular weight excluding hydrogens is 354 g/mol. The summed E-state index contributed by atoms with van der Waals surface area (Å²) < 4.78 is 5.30. The zero-order valence-electron chi connectivity index (χ0n) is 14.9. The van der Waals surface area contributed by atoms with Crippen molar-refractivity contribution in [2.45, 2.75) is 25.0 Å². The number of pyridine rings is 1. The number of furan rings is 1. The Morgan fingerprint density at radius 1 is 1.50 bits per heavy atom. The molecule has 1 aliphatic heterocycles. The van der Waals surface area contributed by atoms with E-state index >= 15 is 0 Å². The van der Waals surface area contributed by atoms with E-state index in [1.54, 1.807) is 38.6 Å². The molecule has 0 spiro atoms. The van der Waals surface area contributed by atoms with Gasteiger partial charge >= 0.3 is 0 Å². The largest absolute Gasteiger partial charge is 0.466 e. The molecule has 0 aromatic carbocycles. The van der Waals surface area contributed by atoms with E-state index in [0.717, 1.165) is 25.3 Å². The number of aromatic nitrogens is 1. The monoisotopic (exact) mass is 377 g/mol. The smallest absolute Gasteiger partial charge is 0.191 e. The summed E-state index contributed by atoms with van der Waals surface area (Å²) in [7, 11) is 1.71. The molecule has 0 radical (unpaired) electrons. The van der Waals surface area contributed by atoms with Crippen molar-refractivity contribution in [3.05, 3.63) is 47.5 Å². The molecule has 0 bridgehead atoms. The van der Waals surface area contributed by atoms with Crippen LogP contribution in [0.4, 0.5) is 5.82 Å². The summed E-state index contributed by atoms with van der Waals surface area (Å²) in [6, 6.07) is 7.40. The number of hydrogen-bond acceptors (Lipinski definition) is 5. The quantitative estimate of drug-likeness (QED) is 0.545. The van der Waals surface area contributed by atoms with Gasteiger partial charge in [-0.05, 0) is 37.6 Å². The summed E-state index contributed by atoms with van der Waals surface area (Å²) in [5.74, 6) is 1.95. The highest BCUT2D eigenvalue weighted by atomic mass is 35.5. The average molecular weight is 378 g/mol. The minimum atomic E-state index is -1.12. The maximum absolute atomic E-state index is 10.5. The van der Waals surface area contributed by atoms with Crippen molar-refractivity contribution in [1.29, 1.82) is 0 Å². The van der Waals surface area contributed by atoms with Crippen molar-refractivity contribution < 1.29 is 9.52 Å². The Balaban J connectivity index is 1.54. The Hall–Kier alpha value is -2.25. The van der Waals surface area contributed by atoms with Crippen molar-refractivity contribution in [2.75, 3.05) is 31.6 Å². The van der Waals surface area contributed by atoms with E-state index in [1.165, 1.54) is 0 Å². The number of aliphatic hydroxyl groups is 1. The Kier molecular flexibility index (Phi) is 5.68. The molecule has 1 fully saturated rings. The number of halogens is 1. The van der Waals surface area contributed by atoms with E-state index in [-0.39, 0.29) is 12.6 Å². The van der Waals surface area contributed by atoms with E-state index in [4.69, 9.17) is 16.0 Å². The Labute approximate surface area is 158 Å². The van der Waals surface area contributed by atoms with Gasteiger partial charge in [0, 0.05) is 32.4 Å². The molecule has 3 heterocycles. The van der Waals surface area contributed by atoms with E-state index in [1.807, 2.05) is 12.1 Å². The van der Waals surface area contributed by atoms with Crippen LogP contribution in [0, 0.1) is 0 Å². The third kappa shape index (κ3) is 4.28. The zero-order valence-corrected chi connectivity index (χ0v) is 15.7. The van der Waals surface area contributed by atoms with Gasteiger partial charge in [0.25, 0.3) is 0 Å². The number of hydrogen-bond donors (Lipinski definition) is 3. The molecule has 2 unspecified atom stereocenters. The predicted molar refractivity (Wildman–Crippen MR) is 103 cm³/mol. The summed E-state index contributed by atoms with van der Waals surface area (Å²) in [5, 5.41) is 17.7. The zero-order chi connectivity index (χ0) is 18.6. The molecule has 1 saturated heterocycles. The van der Waals surface area contributed by atoms with Gasteiger partial charge in [-0.3, -0.25) is 4.99 Å². The third-order valence-corrected chi connectivity index (χ3v) is 4.74. The van der Waals surface area contributed by atoms with E-state index < -0.39 is 5.60 Å². The van der Waals surface area contributed by atoms with Crippen LogP contribution in [0.3, 0.4) is 0 Å². The third-order valence-electron chi connectivity index (χ3n) is 4.44. The Morgan fingerprint density at radius 2 is 2.35 bits per heavy atom. The number of nitrogens with one attached hydrogen (secondary N) is 2. The maximum Gasteiger partial charge on any atom is 0.191 e. The maximum atomic E-state index is 10.5. The highest BCUT2D eigenvalue weighted by molar-refractivity contribution is 6.32. The van der Waals surface area contributed by atoms with Crippen LogP contribution in [0.5, 0.6) is 0 Å². The van der Waals surface area contributed by atoms with Crippen LogP contribution in [0.15, 0.2) is 46.1 Å². The second-order valence-corrected chi connectivity index (χ2v) is 6.97. The van der Waals surface area contributed by atoms with Crippen molar-refractivity contribution in [3.63, 3.8) is 0 Å². The number of guanidine groups is 1. The van der Waals surface area contributed by atoms with E-state index in [0.29, 0.717) is 16.7 Å². The van der Waals surface area contributed by atoms with Gasteiger partial charge in [-0.1, -0.05) is 11.6 Å². The molecule has 2 aromatic rings. The number of aliphatic imine (C=N–C) groups is 1. The number of rotatable bonds is 5. The molecule has 0 aliphatic carbocycles. The lowest BCUT2D eigenvalue weighted by Crippen LogP contribution is -2.48. The van der Waals surface area contributed by atoms with Gasteiger partial charge in [-0.25, -0.2) is 4.98 Å². The fraction of sp³-hybridized carbons (Fsp3) is 0.444. The first-order valence-corrected chi connectivity index (χ1v) is 8.96. The lowest BCUT2D eigenvalue weighted by molar-refractivity contribution is 0.0385. The molecule has 3 N–H and O–H groups in total.